The number of rotatable bonds is 4. The van der Waals surface area contributed by atoms with Gasteiger partial charge < -0.3 is 5.32 Å². The fourth-order valence-corrected chi connectivity index (χ4v) is 1.36. The fourth-order valence-electron chi connectivity index (χ4n) is 1.36. The summed E-state index contributed by atoms with van der Waals surface area (Å²) in [5, 5.41) is 3.44. The molecule has 0 aliphatic carbocycles. The zero-order valence-electron chi connectivity index (χ0n) is 9.97. The highest BCUT2D eigenvalue weighted by molar-refractivity contribution is 5.26. The summed E-state index contributed by atoms with van der Waals surface area (Å²) in [5.41, 5.74) is 2.18. The lowest BCUT2D eigenvalue weighted by Crippen LogP contribution is -2.30. The predicted molar refractivity (Wildman–Crippen MR) is 62.3 cm³/mol. The monoisotopic (exact) mass is 209 g/mol. The summed E-state index contributed by atoms with van der Waals surface area (Å²) in [5.74, 6) is 0.457. The van der Waals surface area contributed by atoms with E-state index in [2.05, 4.69) is 26.1 Å². The summed E-state index contributed by atoms with van der Waals surface area (Å²) in [4.78, 5) is 0. The average Bonchev–Trinajstić information content (AvgIpc) is 2.15. The van der Waals surface area contributed by atoms with Gasteiger partial charge >= 0.3 is 0 Å². The molecule has 0 fully saturated rings. The van der Waals surface area contributed by atoms with Gasteiger partial charge in [-0.3, -0.25) is 0 Å². The lowest BCUT2D eigenvalue weighted by molar-refractivity contribution is 0.425. The van der Waals surface area contributed by atoms with Crippen molar-refractivity contribution in [3.05, 3.63) is 35.1 Å². The molecule has 84 valence electrons. The lowest BCUT2D eigenvalue weighted by Gasteiger charge is -2.18. The molecule has 0 spiro atoms. The van der Waals surface area contributed by atoms with Gasteiger partial charge in [0.2, 0.25) is 0 Å². The van der Waals surface area contributed by atoms with Crippen molar-refractivity contribution >= 4 is 0 Å². The van der Waals surface area contributed by atoms with Crippen molar-refractivity contribution in [1.82, 2.24) is 5.32 Å². The van der Waals surface area contributed by atoms with Crippen molar-refractivity contribution in [3.63, 3.8) is 0 Å². The maximum absolute atomic E-state index is 12.9. The second-order valence-corrected chi connectivity index (χ2v) is 4.48. The van der Waals surface area contributed by atoms with E-state index in [9.17, 15) is 4.39 Å². The van der Waals surface area contributed by atoms with Crippen LogP contribution in [0.3, 0.4) is 0 Å². The molecular formula is C13H20FN. The number of benzene rings is 1. The normalized spacial score (nSPS) is 13.2. The molecule has 0 aromatic heterocycles. The Morgan fingerprint density at radius 2 is 1.93 bits per heavy atom. The lowest BCUT2D eigenvalue weighted by atomic mass is 10.0. The van der Waals surface area contributed by atoms with Gasteiger partial charge in [0.25, 0.3) is 0 Å². The highest BCUT2D eigenvalue weighted by Crippen LogP contribution is 2.10. The Kier molecular flexibility index (Phi) is 4.28. The molecule has 0 heterocycles. The molecule has 1 rings (SSSR count). The molecule has 1 nitrogen and oxygen atoms in total. The Morgan fingerprint density at radius 3 is 2.47 bits per heavy atom. The number of nitrogens with one attached hydrogen (secondary N) is 1. The van der Waals surface area contributed by atoms with E-state index in [0.717, 1.165) is 12.1 Å². The standard InChI is InChI=1S/C13H20FN/c1-9(2)11(4)15-8-12-5-6-13(14)7-10(12)3/h5-7,9,11,15H,8H2,1-4H3/t11-/m0/s1. The van der Waals surface area contributed by atoms with Crippen LogP contribution < -0.4 is 5.32 Å². The highest BCUT2D eigenvalue weighted by atomic mass is 19.1. The van der Waals surface area contributed by atoms with Crippen LogP contribution in [-0.4, -0.2) is 6.04 Å². The molecule has 1 aromatic carbocycles. The quantitative estimate of drug-likeness (QED) is 0.802. The van der Waals surface area contributed by atoms with Gasteiger partial charge in [0.1, 0.15) is 5.82 Å². The van der Waals surface area contributed by atoms with E-state index in [-0.39, 0.29) is 5.82 Å². The SMILES string of the molecule is Cc1cc(F)ccc1CN[C@@H](C)C(C)C. The first-order chi connectivity index (χ1) is 7.00. The summed E-state index contributed by atoms with van der Waals surface area (Å²) in [6.45, 7) is 9.31. The minimum Gasteiger partial charge on any atom is -0.310 e. The second-order valence-electron chi connectivity index (χ2n) is 4.48. The summed E-state index contributed by atoms with van der Waals surface area (Å²) < 4.78 is 12.9. The molecule has 0 unspecified atom stereocenters. The van der Waals surface area contributed by atoms with Gasteiger partial charge in [-0.1, -0.05) is 19.9 Å². The van der Waals surface area contributed by atoms with Crippen molar-refractivity contribution in [3.8, 4) is 0 Å². The molecule has 0 amide bonds. The smallest absolute Gasteiger partial charge is 0.123 e. The first-order valence-corrected chi connectivity index (χ1v) is 5.49. The Bertz CT molecular complexity index is 320. The van der Waals surface area contributed by atoms with Gasteiger partial charge in [0.15, 0.2) is 0 Å². The molecule has 1 aromatic rings. The average molecular weight is 209 g/mol. The molecule has 0 aliphatic rings. The fraction of sp³-hybridized carbons (Fsp3) is 0.538. The van der Waals surface area contributed by atoms with Crippen LogP contribution in [-0.2, 0) is 6.54 Å². The Hall–Kier alpha value is -0.890. The van der Waals surface area contributed by atoms with Gasteiger partial charge in [-0.25, -0.2) is 4.39 Å². The topological polar surface area (TPSA) is 12.0 Å². The first-order valence-electron chi connectivity index (χ1n) is 5.49. The molecule has 0 bridgehead atoms. The maximum atomic E-state index is 12.9. The minimum absolute atomic E-state index is 0.159. The molecule has 0 saturated heterocycles. The molecular weight excluding hydrogens is 189 g/mol. The van der Waals surface area contributed by atoms with E-state index in [0.29, 0.717) is 12.0 Å². The van der Waals surface area contributed by atoms with E-state index in [1.54, 1.807) is 6.07 Å². The van der Waals surface area contributed by atoms with Crippen molar-refractivity contribution in [2.24, 2.45) is 5.92 Å². The van der Waals surface area contributed by atoms with E-state index in [1.807, 2.05) is 13.0 Å². The van der Waals surface area contributed by atoms with Crippen molar-refractivity contribution in [2.75, 3.05) is 0 Å². The summed E-state index contributed by atoms with van der Waals surface area (Å²) in [6.07, 6.45) is 0. The summed E-state index contributed by atoms with van der Waals surface area (Å²) in [6, 6.07) is 5.43. The van der Waals surface area contributed by atoms with Crippen LogP contribution in [0, 0.1) is 18.7 Å². The molecule has 2 heteroatoms. The van der Waals surface area contributed by atoms with Crippen molar-refractivity contribution in [2.45, 2.75) is 40.3 Å². The molecule has 1 atom stereocenters. The zero-order chi connectivity index (χ0) is 11.4. The van der Waals surface area contributed by atoms with Crippen molar-refractivity contribution in [1.29, 1.82) is 0 Å². The van der Waals surface area contributed by atoms with E-state index >= 15 is 0 Å². The van der Waals surface area contributed by atoms with Crippen LogP contribution in [0.4, 0.5) is 4.39 Å². The summed E-state index contributed by atoms with van der Waals surface area (Å²) >= 11 is 0. The van der Waals surface area contributed by atoms with Crippen LogP contribution in [0.1, 0.15) is 31.9 Å². The van der Waals surface area contributed by atoms with Gasteiger partial charge in [0.05, 0.1) is 0 Å². The van der Waals surface area contributed by atoms with Gasteiger partial charge in [-0.15, -0.1) is 0 Å². The Labute approximate surface area is 91.7 Å². The van der Waals surface area contributed by atoms with Gasteiger partial charge in [0, 0.05) is 12.6 Å². The van der Waals surface area contributed by atoms with Crippen LogP contribution >= 0.6 is 0 Å². The molecule has 1 N–H and O–H groups in total. The van der Waals surface area contributed by atoms with Crippen LogP contribution in [0.2, 0.25) is 0 Å². The predicted octanol–water partition coefficient (Wildman–Crippen LogP) is 3.27. The van der Waals surface area contributed by atoms with Gasteiger partial charge in [-0.2, -0.15) is 0 Å². The summed E-state index contributed by atoms with van der Waals surface area (Å²) in [7, 11) is 0. The third-order valence-corrected chi connectivity index (χ3v) is 2.92. The van der Waals surface area contributed by atoms with Crippen LogP contribution in [0.15, 0.2) is 18.2 Å². The first kappa shape index (κ1) is 12.2. The molecule has 0 saturated carbocycles. The molecule has 0 radical (unpaired) electrons. The molecule has 0 aliphatic heterocycles. The largest absolute Gasteiger partial charge is 0.310 e. The third kappa shape index (κ3) is 3.63. The van der Waals surface area contributed by atoms with Crippen LogP contribution in [0.25, 0.3) is 0 Å². The van der Waals surface area contributed by atoms with E-state index < -0.39 is 0 Å². The number of hydrogen-bond donors (Lipinski definition) is 1. The maximum Gasteiger partial charge on any atom is 0.123 e. The van der Waals surface area contributed by atoms with Crippen LogP contribution in [0.5, 0.6) is 0 Å². The second kappa shape index (κ2) is 5.26. The van der Waals surface area contributed by atoms with Crippen molar-refractivity contribution < 1.29 is 4.39 Å². The Morgan fingerprint density at radius 1 is 1.27 bits per heavy atom. The third-order valence-electron chi connectivity index (χ3n) is 2.92. The van der Waals surface area contributed by atoms with Gasteiger partial charge in [-0.05, 0) is 43.0 Å². The van der Waals surface area contributed by atoms with E-state index in [1.165, 1.54) is 11.6 Å². The number of aryl methyl sites for hydroxylation is 1. The molecule has 15 heavy (non-hydrogen) atoms. The Balaban J connectivity index is 2.58. The zero-order valence-corrected chi connectivity index (χ0v) is 9.97. The number of hydrogen-bond acceptors (Lipinski definition) is 1. The highest BCUT2D eigenvalue weighted by Gasteiger charge is 2.06. The van der Waals surface area contributed by atoms with E-state index in [4.69, 9.17) is 0 Å². The minimum atomic E-state index is -0.159. The number of halogens is 1.